The molecule has 6 nitrogen and oxygen atoms in total. The van der Waals surface area contributed by atoms with E-state index in [9.17, 15) is 0 Å². The molecule has 6 rings (SSSR count). The summed E-state index contributed by atoms with van der Waals surface area (Å²) in [6, 6.07) is 15.1. The molecule has 1 aromatic heterocycles. The third kappa shape index (κ3) is 3.76. The minimum Gasteiger partial charge on any atom is -0.493 e. The standard InChI is InChI=1S/C26H32N4O2/c1-17-14-30(12-13-31-17)15-19-16-32-23-11-3-2-8-20(23)24(19)27-21-9-5-10-22-25(21)29-26(28-22)18-6-4-7-18/h2-3,5,8-11,17-19,24,27H,4,6-7,12-16H2,1H3,(H,28,29)/t17-,19+,24-/m1/s1. The second-order valence-electron chi connectivity index (χ2n) is 9.62. The molecule has 32 heavy (non-hydrogen) atoms. The van der Waals surface area contributed by atoms with Gasteiger partial charge in [-0.05, 0) is 38.0 Å². The van der Waals surface area contributed by atoms with E-state index in [0.717, 1.165) is 54.5 Å². The van der Waals surface area contributed by atoms with Crippen LogP contribution in [-0.2, 0) is 4.74 Å². The first-order valence-corrected chi connectivity index (χ1v) is 12.1. The molecule has 0 bridgehead atoms. The first-order chi connectivity index (χ1) is 15.7. The van der Waals surface area contributed by atoms with E-state index in [1.807, 2.05) is 0 Å². The van der Waals surface area contributed by atoms with Gasteiger partial charge < -0.3 is 19.8 Å². The van der Waals surface area contributed by atoms with Gasteiger partial charge in [-0.25, -0.2) is 4.98 Å². The van der Waals surface area contributed by atoms with Crippen molar-refractivity contribution in [1.82, 2.24) is 14.9 Å². The third-order valence-corrected chi connectivity index (χ3v) is 7.33. The highest BCUT2D eigenvalue weighted by Gasteiger charge is 2.34. The zero-order valence-electron chi connectivity index (χ0n) is 18.7. The van der Waals surface area contributed by atoms with Crippen LogP contribution in [0.3, 0.4) is 0 Å². The van der Waals surface area contributed by atoms with Crippen LogP contribution in [0.25, 0.3) is 11.0 Å². The van der Waals surface area contributed by atoms with E-state index in [2.05, 4.69) is 64.6 Å². The predicted molar refractivity (Wildman–Crippen MR) is 126 cm³/mol. The minimum atomic E-state index is 0.174. The van der Waals surface area contributed by atoms with Crippen molar-refractivity contribution in [3.63, 3.8) is 0 Å². The van der Waals surface area contributed by atoms with Gasteiger partial charge in [0, 0.05) is 37.0 Å². The first-order valence-electron chi connectivity index (χ1n) is 12.1. The number of H-pyrrole nitrogens is 1. The molecule has 6 heteroatoms. The second-order valence-corrected chi connectivity index (χ2v) is 9.62. The Morgan fingerprint density at radius 3 is 2.91 bits per heavy atom. The Hall–Kier alpha value is -2.57. The summed E-state index contributed by atoms with van der Waals surface area (Å²) in [5.74, 6) is 3.07. The fraction of sp³-hybridized carbons (Fsp3) is 0.500. The third-order valence-electron chi connectivity index (χ3n) is 7.33. The lowest BCUT2D eigenvalue weighted by atomic mass is 9.85. The Balaban J connectivity index is 1.31. The SMILES string of the molecule is C[C@@H]1CN(C[C@H]2COc3ccccc3[C@@H]2Nc2cccc3[nH]c(C4CCC4)nc23)CCO1. The fourth-order valence-corrected chi connectivity index (χ4v) is 5.37. The molecule has 168 valence electrons. The van der Waals surface area contributed by atoms with Crippen LogP contribution >= 0.6 is 0 Å². The molecule has 1 aliphatic carbocycles. The van der Waals surface area contributed by atoms with E-state index >= 15 is 0 Å². The van der Waals surface area contributed by atoms with Crippen LogP contribution in [-0.4, -0.2) is 53.8 Å². The molecule has 2 fully saturated rings. The van der Waals surface area contributed by atoms with Crippen LogP contribution in [0.2, 0.25) is 0 Å². The molecule has 2 aliphatic heterocycles. The molecule has 0 amide bonds. The highest BCUT2D eigenvalue weighted by atomic mass is 16.5. The Morgan fingerprint density at radius 2 is 2.06 bits per heavy atom. The molecule has 3 heterocycles. The van der Waals surface area contributed by atoms with Gasteiger partial charge in [-0.3, -0.25) is 4.90 Å². The molecule has 0 spiro atoms. The quantitative estimate of drug-likeness (QED) is 0.611. The van der Waals surface area contributed by atoms with Crippen LogP contribution < -0.4 is 10.1 Å². The lowest BCUT2D eigenvalue weighted by Crippen LogP contribution is -2.46. The molecule has 1 saturated heterocycles. The van der Waals surface area contributed by atoms with Crippen LogP contribution in [0.15, 0.2) is 42.5 Å². The topological polar surface area (TPSA) is 62.4 Å². The van der Waals surface area contributed by atoms with Crippen molar-refractivity contribution in [2.45, 2.75) is 44.2 Å². The van der Waals surface area contributed by atoms with Crippen LogP contribution in [0.5, 0.6) is 5.75 Å². The van der Waals surface area contributed by atoms with E-state index < -0.39 is 0 Å². The monoisotopic (exact) mass is 432 g/mol. The minimum absolute atomic E-state index is 0.174. The number of imidazole rings is 1. The summed E-state index contributed by atoms with van der Waals surface area (Å²) in [5.41, 5.74) is 4.51. The summed E-state index contributed by atoms with van der Waals surface area (Å²) < 4.78 is 12.0. The largest absolute Gasteiger partial charge is 0.493 e. The van der Waals surface area contributed by atoms with Gasteiger partial charge in [0.2, 0.25) is 0 Å². The van der Waals surface area contributed by atoms with Crippen molar-refractivity contribution in [2.24, 2.45) is 5.92 Å². The number of morpholine rings is 1. The van der Waals surface area contributed by atoms with Gasteiger partial charge in [0.25, 0.3) is 0 Å². The summed E-state index contributed by atoms with van der Waals surface area (Å²) in [6.07, 6.45) is 4.09. The molecule has 1 saturated carbocycles. The summed E-state index contributed by atoms with van der Waals surface area (Å²) in [7, 11) is 0. The van der Waals surface area contributed by atoms with Gasteiger partial charge in [0.1, 0.15) is 17.1 Å². The number of nitrogens with one attached hydrogen (secondary N) is 2. The molecular formula is C26H32N4O2. The lowest BCUT2D eigenvalue weighted by Gasteiger charge is -2.39. The Morgan fingerprint density at radius 1 is 1.16 bits per heavy atom. The van der Waals surface area contributed by atoms with Crippen LogP contribution in [0, 0.1) is 5.92 Å². The van der Waals surface area contributed by atoms with Gasteiger partial charge in [0.15, 0.2) is 0 Å². The number of benzene rings is 2. The highest BCUT2D eigenvalue weighted by molar-refractivity contribution is 5.88. The van der Waals surface area contributed by atoms with Gasteiger partial charge in [-0.1, -0.05) is 30.7 Å². The molecule has 0 unspecified atom stereocenters. The second kappa shape index (κ2) is 8.41. The number of para-hydroxylation sites is 2. The van der Waals surface area contributed by atoms with Crippen LogP contribution in [0.4, 0.5) is 5.69 Å². The molecule has 3 aromatic rings. The molecular weight excluding hydrogens is 400 g/mol. The molecule has 3 atom stereocenters. The number of hydrogen-bond donors (Lipinski definition) is 2. The van der Waals surface area contributed by atoms with E-state index in [0.29, 0.717) is 18.4 Å². The molecule has 2 aromatic carbocycles. The maximum atomic E-state index is 6.20. The molecule has 2 N–H and O–H groups in total. The summed E-state index contributed by atoms with van der Waals surface area (Å²) in [4.78, 5) is 11.1. The smallest absolute Gasteiger partial charge is 0.124 e. The van der Waals surface area contributed by atoms with Gasteiger partial charge in [-0.2, -0.15) is 0 Å². The van der Waals surface area contributed by atoms with Crippen molar-refractivity contribution >= 4 is 16.7 Å². The normalized spacial score (nSPS) is 26.3. The maximum absolute atomic E-state index is 6.20. The average Bonchev–Trinajstić information content (AvgIpc) is 3.18. The van der Waals surface area contributed by atoms with Crippen molar-refractivity contribution in [1.29, 1.82) is 0 Å². The summed E-state index contributed by atoms with van der Waals surface area (Å²) >= 11 is 0. The number of aromatic nitrogens is 2. The number of rotatable bonds is 5. The lowest BCUT2D eigenvalue weighted by molar-refractivity contribution is -0.0271. The maximum Gasteiger partial charge on any atom is 0.124 e. The van der Waals surface area contributed by atoms with E-state index in [4.69, 9.17) is 14.5 Å². The van der Waals surface area contributed by atoms with Crippen molar-refractivity contribution < 1.29 is 9.47 Å². The first kappa shape index (κ1) is 20.1. The number of hydrogen-bond acceptors (Lipinski definition) is 5. The van der Waals surface area contributed by atoms with Gasteiger partial charge in [0.05, 0.1) is 36.6 Å². The van der Waals surface area contributed by atoms with Crippen molar-refractivity contribution in [3.8, 4) is 5.75 Å². The number of anilines is 1. The Bertz CT molecular complexity index is 1090. The molecule has 0 radical (unpaired) electrons. The zero-order chi connectivity index (χ0) is 21.5. The highest BCUT2D eigenvalue weighted by Crippen LogP contribution is 2.40. The van der Waals surface area contributed by atoms with Gasteiger partial charge in [-0.15, -0.1) is 0 Å². The summed E-state index contributed by atoms with van der Waals surface area (Å²) in [6.45, 7) is 6.62. The van der Waals surface area contributed by atoms with E-state index in [1.54, 1.807) is 0 Å². The summed E-state index contributed by atoms with van der Waals surface area (Å²) in [5, 5.41) is 3.90. The van der Waals surface area contributed by atoms with Crippen molar-refractivity contribution in [2.75, 3.05) is 38.2 Å². The fourth-order valence-electron chi connectivity index (χ4n) is 5.37. The Kier molecular flexibility index (Phi) is 5.27. The van der Waals surface area contributed by atoms with Gasteiger partial charge >= 0.3 is 0 Å². The predicted octanol–water partition coefficient (Wildman–Crippen LogP) is 4.71. The number of ether oxygens (including phenoxy) is 2. The van der Waals surface area contributed by atoms with E-state index in [-0.39, 0.29) is 12.1 Å². The van der Waals surface area contributed by atoms with Crippen LogP contribution in [0.1, 0.15) is 49.5 Å². The number of nitrogens with zero attached hydrogens (tertiary/aromatic N) is 2. The number of fused-ring (bicyclic) bond motifs is 2. The van der Waals surface area contributed by atoms with E-state index in [1.165, 1.54) is 24.8 Å². The number of aromatic amines is 1. The average molecular weight is 433 g/mol. The molecule has 3 aliphatic rings. The Labute approximate surface area is 189 Å². The van der Waals surface area contributed by atoms with Crippen molar-refractivity contribution in [3.05, 3.63) is 53.9 Å². The zero-order valence-corrected chi connectivity index (χ0v) is 18.7.